The van der Waals surface area contributed by atoms with Crippen molar-refractivity contribution in [3.8, 4) is 5.69 Å². The molecule has 33 heavy (non-hydrogen) atoms. The number of hydrogen-bond donors (Lipinski definition) is 2. The molecule has 0 fully saturated rings. The van der Waals surface area contributed by atoms with Gasteiger partial charge in [-0.25, -0.2) is 9.67 Å². The zero-order valence-corrected chi connectivity index (χ0v) is 18.9. The van der Waals surface area contributed by atoms with Crippen LogP contribution in [0, 0.1) is 13.8 Å². The van der Waals surface area contributed by atoms with Gasteiger partial charge in [-0.3, -0.25) is 19.0 Å². The highest BCUT2D eigenvalue weighted by Crippen LogP contribution is 2.26. The second-order valence-corrected chi connectivity index (χ2v) is 8.63. The number of nitrogens with two attached hydrogens (primary N) is 1. The normalized spacial score (nSPS) is 11.0. The van der Waals surface area contributed by atoms with Crippen LogP contribution in [0.3, 0.4) is 0 Å². The molecule has 10 heteroatoms. The van der Waals surface area contributed by atoms with Gasteiger partial charge in [-0.1, -0.05) is 18.2 Å². The lowest BCUT2D eigenvalue weighted by Gasteiger charge is -2.11. The number of rotatable bonds is 7. The fourth-order valence-corrected chi connectivity index (χ4v) is 4.26. The van der Waals surface area contributed by atoms with Crippen molar-refractivity contribution in [2.75, 3.05) is 11.1 Å². The number of para-hydroxylation sites is 1. The maximum Gasteiger partial charge on any atom is 0.264 e. The molecule has 168 valence electrons. The first kappa shape index (κ1) is 22.3. The molecule has 2 aromatic carbocycles. The van der Waals surface area contributed by atoms with Crippen molar-refractivity contribution in [2.45, 2.75) is 25.3 Å². The number of nitrogens with zero attached hydrogens (tertiary/aromatic N) is 4. The lowest BCUT2D eigenvalue weighted by Crippen LogP contribution is -2.28. The van der Waals surface area contributed by atoms with E-state index < -0.39 is 11.8 Å². The van der Waals surface area contributed by atoms with Gasteiger partial charge in [0.25, 0.3) is 5.56 Å². The molecule has 0 radical (unpaired) electrons. The second kappa shape index (κ2) is 9.29. The number of thioether (sulfide) groups is 1. The van der Waals surface area contributed by atoms with Gasteiger partial charge in [-0.2, -0.15) is 5.10 Å². The fourth-order valence-electron chi connectivity index (χ4n) is 3.51. The van der Waals surface area contributed by atoms with E-state index >= 15 is 0 Å². The maximum atomic E-state index is 13.0. The first-order valence-electron chi connectivity index (χ1n) is 10.1. The quantitative estimate of drug-likeness (QED) is 0.406. The number of carbonyl (C=O) groups is 2. The zero-order chi connectivity index (χ0) is 23.5. The Bertz CT molecular complexity index is 1410. The summed E-state index contributed by atoms with van der Waals surface area (Å²) in [5.41, 5.74) is 8.79. The van der Waals surface area contributed by atoms with Gasteiger partial charge >= 0.3 is 0 Å². The van der Waals surface area contributed by atoms with Gasteiger partial charge in [-0.15, -0.1) is 11.8 Å². The Hall–Kier alpha value is -3.92. The number of nitrogens with one attached hydrogen (secondary N) is 1. The van der Waals surface area contributed by atoms with Crippen LogP contribution in [0.25, 0.3) is 16.7 Å². The standard InChI is InChI=1S/C23H22N6O3S/c1-14-7-15(2)9-16(8-14)29-22-17(10-26-29)23(32)28(13-25-22)11-21(31)27-18-5-3-4-6-19(18)33-12-20(24)30/h3-10,13H,11-12H2,1-2H3,(H2,24,30)(H,27,31). The molecule has 4 rings (SSSR count). The number of primary amides is 1. The highest BCUT2D eigenvalue weighted by atomic mass is 32.2. The van der Waals surface area contributed by atoms with Crippen molar-refractivity contribution in [1.82, 2.24) is 19.3 Å². The highest BCUT2D eigenvalue weighted by molar-refractivity contribution is 8.00. The number of carbonyl (C=O) groups excluding carboxylic acids is 2. The number of amides is 2. The number of benzene rings is 2. The van der Waals surface area contributed by atoms with E-state index in [0.717, 1.165) is 16.8 Å². The average molecular weight is 463 g/mol. The summed E-state index contributed by atoms with van der Waals surface area (Å²) in [6.45, 7) is 3.77. The van der Waals surface area contributed by atoms with Gasteiger partial charge in [0, 0.05) is 4.90 Å². The number of hydrogen-bond acceptors (Lipinski definition) is 6. The molecule has 0 saturated carbocycles. The summed E-state index contributed by atoms with van der Waals surface area (Å²) in [6, 6.07) is 13.1. The molecule has 2 heterocycles. The first-order valence-corrected chi connectivity index (χ1v) is 11.1. The number of anilines is 1. The minimum Gasteiger partial charge on any atom is -0.369 e. The first-order chi connectivity index (χ1) is 15.8. The predicted molar refractivity (Wildman–Crippen MR) is 128 cm³/mol. The van der Waals surface area contributed by atoms with Crippen LogP contribution in [0.5, 0.6) is 0 Å². The zero-order valence-electron chi connectivity index (χ0n) is 18.1. The molecule has 0 spiro atoms. The van der Waals surface area contributed by atoms with E-state index in [0.29, 0.717) is 21.6 Å². The summed E-state index contributed by atoms with van der Waals surface area (Å²) in [6.07, 6.45) is 2.81. The summed E-state index contributed by atoms with van der Waals surface area (Å²) < 4.78 is 2.86. The Morgan fingerprint density at radius 2 is 1.85 bits per heavy atom. The van der Waals surface area contributed by atoms with Crippen molar-refractivity contribution in [2.24, 2.45) is 5.73 Å². The molecule has 0 bridgehead atoms. The van der Waals surface area contributed by atoms with E-state index in [1.165, 1.54) is 28.9 Å². The second-order valence-electron chi connectivity index (χ2n) is 7.62. The fraction of sp³-hybridized carbons (Fsp3) is 0.174. The molecule has 9 nitrogen and oxygen atoms in total. The molecule has 0 atom stereocenters. The Morgan fingerprint density at radius 1 is 1.12 bits per heavy atom. The molecule has 0 aliphatic carbocycles. The van der Waals surface area contributed by atoms with Crippen molar-refractivity contribution in [1.29, 1.82) is 0 Å². The lowest BCUT2D eigenvalue weighted by atomic mass is 10.1. The third-order valence-corrected chi connectivity index (χ3v) is 5.95. The van der Waals surface area contributed by atoms with E-state index in [1.54, 1.807) is 28.9 Å². The molecule has 2 aromatic heterocycles. The van der Waals surface area contributed by atoms with E-state index in [1.807, 2.05) is 26.0 Å². The third-order valence-electron chi connectivity index (χ3n) is 4.85. The Kier molecular flexibility index (Phi) is 6.27. The molecule has 0 aliphatic rings. The van der Waals surface area contributed by atoms with Crippen LogP contribution in [0.2, 0.25) is 0 Å². The van der Waals surface area contributed by atoms with Gasteiger partial charge in [0.05, 0.1) is 23.3 Å². The SMILES string of the molecule is Cc1cc(C)cc(-n2ncc3c(=O)n(CC(=O)Nc4ccccc4SCC(N)=O)cnc32)c1. The number of aryl methyl sites for hydroxylation is 2. The molecule has 0 aliphatic heterocycles. The van der Waals surface area contributed by atoms with Crippen LogP contribution in [0.4, 0.5) is 5.69 Å². The lowest BCUT2D eigenvalue weighted by molar-refractivity contribution is -0.117. The maximum absolute atomic E-state index is 13.0. The van der Waals surface area contributed by atoms with Gasteiger partial charge in [-0.05, 0) is 49.2 Å². The molecule has 2 amide bonds. The summed E-state index contributed by atoms with van der Waals surface area (Å²) in [7, 11) is 0. The van der Waals surface area contributed by atoms with E-state index in [4.69, 9.17) is 5.73 Å². The number of aromatic nitrogens is 4. The summed E-state index contributed by atoms with van der Waals surface area (Å²) in [5.74, 6) is -0.752. The molecule has 3 N–H and O–H groups in total. The van der Waals surface area contributed by atoms with Gasteiger partial charge in [0.15, 0.2) is 5.65 Å². The van der Waals surface area contributed by atoms with Crippen LogP contribution < -0.4 is 16.6 Å². The molecule has 0 saturated heterocycles. The van der Waals surface area contributed by atoms with Crippen LogP contribution >= 0.6 is 11.8 Å². The van der Waals surface area contributed by atoms with E-state index in [9.17, 15) is 14.4 Å². The molecular formula is C23H22N6O3S. The van der Waals surface area contributed by atoms with Gasteiger partial charge < -0.3 is 11.1 Å². The average Bonchev–Trinajstić information content (AvgIpc) is 3.19. The third kappa shape index (κ3) is 4.96. The summed E-state index contributed by atoms with van der Waals surface area (Å²) >= 11 is 1.23. The largest absolute Gasteiger partial charge is 0.369 e. The summed E-state index contributed by atoms with van der Waals surface area (Å²) in [5, 5.41) is 7.45. The molecular weight excluding hydrogens is 440 g/mol. The van der Waals surface area contributed by atoms with E-state index in [-0.39, 0.29) is 17.9 Å². The van der Waals surface area contributed by atoms with Gasteiger partial charge in [0.1, 0.15) is 18.3 Å². The van der Waals surface area contributed by atoms with Gasteiger partial charge in [0.2, 0.25) is 11.8 Å². The van der Waals surface area contributed by atoms with Crippen LogP contribution in [-0.2, 0) is 16.1 Å². The highest BCUT2D eigenvalue weighted by Gasteiger charge is 2.15. The van der Waals surface area contributed by atoms with Crippen LogP contribution in [-0.4, -0.2) is 36.9 Å². The van der Waals surface area contributed by atoms with E-state index in [2.05, 4.69) is 21.5 Å². The van der Waals surface area contributed by atoms with Crippen molar-refractivity contribution >= 4 is 40.3 Å². The van der Waals surface area contributed by atoms with Crippen LogP contribution in [0.15, 0.2) is 64.7 Å². The van der Waals surface area contributed by atoms with Crippen molar-refractivity contribution in [3.05, 3.63) is 76.5 Å². The molecule has 0 unspecified atom stereocenters. The topological polar surface area (TPSA) is 125 Å². The Labute approximate surface area is 193 Å². The van der Waals surface area contributed by atoms with Crippen molar-refractivity contribution < 1.29 is 9.59 Å². The Balaban J connectivity index is 1.57. The van der Waals surface area contributed by atoms with Crippen LogP contribution in [0.1, 0.15) is 11.1 Å². The number of fused-ring (bicyclic) bond motifs is 1. The Morgan fingerprint density at radius 3 is 2.58 bits per heavy atom. The predicted octanol–water partition coefficient (Wildman–Crippen LogP) is 2.42. The minimum absolute atomic E-state index is 0.0946. The molecule has 4 aromatic rings. The van der Waals surface area contributed by atoms with Crippen molar-refractivity contribution in [3.63, 3.8) is 0 Å². The smallest absolute Gasteiger partial charge is 0.264 e. The monoisotopic (exact) mass is 462 g/mol. The minimum atomic E-state index is -0.451. The summed E-state index contributed by atoms with van der Waals surface area (Å²) in [4.78, 5) is 41.8.